The van der Waals surface area contributed by atoms with Crippen LogP contribution in [0.25, 0.3) is 0 Å². The minimum atomic E-state index is 0.477. The highest BCUT2D eigenvalue weighted by molar-refractivity contribution is 5.48. The fourth-order valence-corrected chi connectivity index (χ4v) is 2.84. The molecule has 2 aliphatic rings. The first-order valence-electron chi connectivity index (χ1n) is 6.96. The van der Waals surface area contributed by atoms with Crippen LogP contribution in [0.5, 0.6) is 0 Å². The van der Waals surface area contributed by atoms with Crippen LogP contribution >= 0.6 is 0 Å². The fourth-order valence-electron chi connectivity index (χ4n) is 2.84. The number of hydrogen-bond acceptors (Lipinski definition) is 4. The van der Waals surface area contributed by atoms with Gasteiger partial charge in [0.15, 0.2) is 0 Å². The third-order valence-corrected chi connectivity index (χ3v) is 3.81. The number of nitrogens with zero attached hydrogens (tertiary/aromatic N) is 2. The Bertz CT molecular complexity index is 347. The molecular weight excluding hydrogens is 226 g/mol. The summed E-state index contributed by atoms with van der Waals surface area (Å²) in [5.41, 5.74) is 1.36. The van der Waals surface area contributed by atoms with Crippen LogP contribution in [0.3, 0.4) is 0 Å². The van der Waals surface area contributed by atoms with Crippen LogP contribution in [0.4, 0.5) is 5.82 Å². The minimum absolute atomic E-state index is 0.477. The Hall–Kier alpha value is -1.13. The zero-order valence-electron chi connectivity index (χ0n) is 10.8. The van der Waals surface area contributed by atoms with E-state index in [9.17, 15) is 0 Å². The molecule has 0 saturated carbocycles. The summed E-state index contributed by atoms with van der Waals surface area (Å²) in [6.07, 6.45) is 5.74. The second-order valence-electron chi connectivity index (χ2n) is 5.02. The Labute approximate surface area is 108 Å². The topological polar surface area (TPSA) is 37.4 Å². The number of pyridine rings is 1. The molecule has 1 aromatic rings. The van der Waals surface area contributed by atoms with Gasteiger partial charge in [0.2, 0.25) is 0 Å². The van der Waals surface area contributed by atoms with Crippen LogP contribution in [0.1, 0.15) is 30.9 Å². The zero-order valence-corrected chi connectivity index (χ0v) is 10.8. The van der Waals surface area contributed by atoms with E-state index in [0.29, 0.717) is 6.04 Å². The van der Waals surface area contributed by atoms with Gasteiger partial charge in [-0.15, -0.1) is 0 Å². The molecule has 18 heavy (non-hydrogen) atoms. The maximum Gasteiger partial charge on any atom is 0.133 e. The molecule has 1 atom stereocenters. The zero-order chi connectivity index (χ0) is 12.2. The van der Waals surface area contributed by atoms with Gasteiger partial charge in [-0.2, -0.15) is 0 Å². The predicted molar refractivity (Wildman–Crippen MR) is 71.9 cm³/mol. The molecule has 0 aliphatic carbocycles. The quantitative estimate of drug-likeness (QED) is 0.863. The van der Waals surface area contributed by atoms with E-state index in [-0.39, 0.29) is 0 Å². The van der Waals surface area contributed by atoms with Crippen molar-refractivity contribution >= 4 is 5.82 Å². The summed E-state index contributed by atoms with van der Waals surface area (Å²) in [5.74, 6) is 1.15. The normalized spacial score (nSPS) is 25.1. The molecule has 2 fully saturated rings. The van der Waals surface area contributed by atoms with Crippen molar-refractivity contribution in [3.05, 3.63) is 23.9 Å². The Morgan fingerprint density at radius 3 is 2.94 bits per heavy atom. The molecule has 1 aromatic heterocycles. The van der Waals surface area contributed by atoms with Crippen LogP contribution < -0.4 is 10.2 Å². The second-order valence-corrected chi connectivity index (χ2v) is 5.02. The first-order valence-corrected chi connectivity index (χ1v) is 6.96. The van der Waals surface area contributed by atoms with Crippen molar-refractivity contribution in [2.75, 3.05) is 37.7 Å². The lowest BCUT2D eigenvalue weighted by molar-refractivity contribution is 0.122. The molecule has 2 saturated heterocycles. The Morgan fingerprint density at radius 1 is 1.28 bits per heavy atom. The van der Waals surface area contributed by atoms with E-state index in [1.54, 1.807) is 0 Å². The number of anilines is 1. The van der Waals surface area contributed by atoms with Crippen LogP contribution in [0, 0.1) is 0 Å². The number of rotatable bonds is 2. The number of nitrogens with one attached hydrogen (secondary N) is 1. The van der Waals surface area contributed by atoms with Crippen molar-refractivity contribution < 1.29 is 4.74 Å². The average molecular weight is 247 g/mol. The molecule has 1 N–H and O–H groups in total. The smallest absolute Gasteiger partial charge is 0.133 e. The van der Waals surface area contributed by atoms with Crippen molar-refractivity contribution in [1.82, 2.24) is 10.3 Å². The maximum atomic E-state index is 5.42. The van der Waals surface area contributed by atoms with E-state index in [1.807, 2.05) is 6.20 Å². The van der Waals surface area contributed by atoms with E-state index in [1.165, 1.54) is 24.8 Å². The largest absolute Gasteiger partial charge is 0.378 e. The highest BCUT2D eigenvalue weighted by Crippen LogP contribution is 2.29. The van der Waals surface area contributed by atoms with Gasteiger partial charge < -0.3 is 15.0 Å². The molecule has 0 bridgehead atoms. The van der Waals surface area contributed by atoms with Gasteiger partial charge in [-0.05, 0) is 25.5 Å². The van der Waals surface area contributed by atoms with Gasteiger partial charge in [-0.3, -0.25) is 0 Å². The van der Waals surface area contributed by atoms with Gasteiger partial charge in [0.1, 0.15) is 5.82 Å². The first kappa shape index (κ1) is 11.9. The van der Waals surface area contributed by atoms with Crippen molar-refractivity contribution in [2.24, 2.45) is 0 Å². The second kappa shape index (κ2) is 5.67. The molecule has 98 valence electrons. The number of hydrogen-bond donors (Lipinski definition) is 1. The van der Waals surface area contributed by atoms with Crippen molar-refractivity contribution in [1.29, 1.82) is 0 Å². The molecule has 0 unspecified atom stereocenters. The van der Waals surface area contributed by atoms with Gasteiger partial charge in [0.05, 0.1) is 13.2 Å². The molecule has 0 spiro atoms. The summed E-state index contributed by atoms with van der Waals surface area (Å²) >= 11 is 0. The van der Waals surface area contributed by atoms with Crippen molar-refractivity contribution in [3.8, 4) is 0 Å². The Kier molecular flexibility index (Phi) is 3.76. The van der Waals surface area contributed by atoms with E-state index >= 15 is 0 Å². The van der Waals surface area contributed by atoms with Gasteiger partial charge in [-0.1, -0.05) is 12.5 Å². The molecular formula is C14H21N3O. The van der Waals surface area contributed by atoms with Crippen molar-refractivity contribution in [2.45, 2.75) is 25.3 Å². The third kappa shape index (κ3) is 2.49. The standard InChI is InChI=1S/C14H21N3O/c1-2-6-15-13(5-1)12-4-3-7-16-14(12)17-8-10-18-11-9-17/h3-4,7,13,15H,1-2,5-6,8-11H2/t13-/m1/s1. The lowest BCUT2D eigenvalue weighted by atomic mass is 9.97. The van der Waals surface area contributed by atoms with Crippen molar-refractivity contribution in [3.63, 3.8) is 0 Å². The summed E-state index contributed by atoms with van der Waals surface area (Å²) in [5, 5.41) is 3.62. The monoisotopic (exact) mass is 247 g/mol. The Balaban J connectivity index is 1.83. The van der Waals surface area contributed by atoms with E-state index in [0.717, 1.165) is 38.7 Å². The lowest BCUT2D eigenvalue weighted by Crippen LogP contribution is -2.38. The summed E-state index contributed by atoms with van der Waals surface area (Å²) in [7, 11) is 0. The fraction of sp³-hybridized carbons (Fsp3) is 0.643. The lowest BCUT2D eigenvalue weighted by Gasteiger charge is -2.32. The third-order valence-electron chi connectivity index (χ3n) is 3.81. The molecule has 2 aliphatic heterocycles. The van der Waals surface area contributed by atoms with Gasteiger partial charge in [0.25, 0.3) is 0 Å². The molecule has 3 heterocycles. The van der Waals surface area contributed by atoms with Gasteiger partial charge in [0, 0.05) is 30.9 Å². The summed E-state index contributed by atoms with van der Waals surface area (Å²) in [4.78, 5) is 6.96. The molecule has 0 amide bonds. The van der Waals surface area contributed by atoms with Crippen LogP contribution in [0.15, 0.2) is 18.3 Å². The van der Waals surface area contributed by atoms with Gasteiger partial charge in [-0.25, -0.2) is 4.98 Å². The predicted octanol–water partition coefficient (Wildman–Crippen LogP) is 1.73. The number of ether oxygens (including phenoxy) is 1. The maximum absolute atomic E-state index is 5.42. The van der Waals surface area contributed by atoms with Crippen LogP contribution in [0.2, 0.25) is 0 Å². The highest BCUT2D eigenvalue weighted by atomic mass is 16.5. The summed E-state index contributed by atoms with van der Waals surface area (Å²) in [6, 6.07) is 4.75. The van der Waals surface area contributed by atoms with Gasteiger partial charge >= 0.3 is 0 Å². The Morgan fingerprint density at radius 2 is 2.17 bits per heavy atom. The summed E-state index contributed by atoms with van der Waals surface area (Å²) < 4.78 is 5.42. The van der Waals surface area contributed by atoms with Crippen LogP contribution in [-0.2, 0) is 4.74 Å². The van der Waals surface area contributed by atoms with Crippen LogP contribution in [-0.4, -0.2) is 37.8 Å². The average Bonchev–Trinajstić information content (AvgIpc) is 2.49. The van der Waals surface area contributed by atoms with E-state index < -0.39 is 0 Å². The van der Waals surface area contributed by atoms with E-state index in [2.05, 4.69) is 27.3 Å². The molecule has 3 rings (SSSR count). The SMILES string of the molecule is c1cnc(N2CCOCC2)c([C@H]2CCCCN2)c1. The number of piperidine rings is 1. The first-order chi connectivity index (χ1) is 8.95. The minimum Gasteiger partial charge on any atom is -0.378 e. The molecule has 0 aromatic carbocycles. The number of morpholine rings is 1. The van der Waals surface area contributed by atoms with E-state index in [4.69, 9.17) is 4.74 Å². The molecule has 0 radical (unpaired) electrons. The number of aromatic nitrogens is 1. The molecule has 4 heteroatoms. The molecule has 4 nitrogen and oxygen atoms in total. The highest BCUT2D eigenvalue weighted by Gasteiger charge is 2.22. The summed E-state index contributed by atoms with van der Waals surface area (Å²) in [6.45, 7) is 4.66.